The lowest BCUT2D eigenvalue weighted by atomic mass is 9.89. The number of rotatable bonds is 11. The molecule has 0 aliphatic heterocycles. The van der Waals surface area contributed by atoms with Gasteiger partial charge in [0.25, 0.3) is 0 Å². The molecule has 0 spiro atoms. The first-order valence-electron chi connectivity index (χ1n) is 10.1. The van der Waals surface area contributed by atoms with Crippen molar-refractivity contribution in [1.29, 1.82) is 0 Å². The van der Waals surface area contributed by atoms with Crippen molar-refractivity contribution in [2.24, 2.45) is 11.8 Å². The Morgan fingerprint density at radius 3 is 2.61 bits per heavy atom. The average molecular weight is 389 g/mol. The first-order valence-corrected chi connectivity index (χ1v) is 10.1. The van der Waals surface area contributed by atoms with Crippen molar-refractivity contribution < 1.29 is 25.2 Å². The number of allylic oxidation sites excluding steroid dienone is 2. The number of hydrogen-bond acceptors (Lipinski definition) is 4. The second-order valence-electron chi connectivity index (χ2n) is 7.58. The van der Waals surface area contributed by atoms with Crippen LogP contribution in [0.25, 0.3) is 0 Å². The Morgan fingerprint density at radius 2 is 1.89 bits per heavy atom. The number of aryl methyl sites for hydroxylation is 1. The van der Waals surface area contributed by atoms with E-state index in [1.807, 2.05) is 48.6 Å². The summed E-state index contributed by atoms with van der Waals surface area (Å²) in [7, 11) is 0. The van der Waals surface area contributed by atoms with Crippen LogP contribution in [0.3, 0.4) is 0 Å². The molecule has 0 amide bonds. The Balaban J connectivity index is 1.82. The Kier molecular flexibility index (Phi) is 9.41. The van der Waals surface area contributed by atoms with E-state index in [1.54, 1.807) is 6.08 Å². The van der Waals surface area contributed by atoms with Crippen molar-refractivity contribution in [1.82, 2.24) is 0 Å². The highest BCUT2D eigenvalue weighted by molar-refractivity contribution is 5.66. The highest BCUT2D eigenvalue weighted by Crippen LogP contribution is 2.36. The number of aliphatic carboxylic acids is 1. The van der Waals surface area contributed by atoms with Crippen molar-refractivity contribution in [2.75, 3.05) is 0 Å². The van der Waals surface area contributed by atoms with Crippen LogP contribution in [0.5, 0.6) is 0 Å². The summed E-state index contributed by atoms with van der Waals surface area (Å²) in [4.78, 5) is 10.5. The first kappa shape index (κ1) is 22.3. The number of aliphatic hydroxyl groups is 3. The molecule has 1 aromatic carbocycles. The van der Waals surface area contributed by atoms with Gasteiger partial charge < -0.3 is 20.4 Å². The van der Waals surface area contributed by atoms with Gasteiger partial charge in [-0.3, -0.25) is 4.79 Å². The first-order chi connectivity index (χ1) is 13.5. The Labute approximate surface area is 167 Å². The molecule has 1 fully saturated rings. The number of aliphatic hydroxyl groups excluding tert-OH is 3. The van der Waals surface area contributed by atoms with Gasteiger partial charge in [0.2, 0.25) is 0 Å². The maximum atomic E-state index is 10.5. The Hall–Kier alpha value is -1.95. The van der Waals surface area contributed by atoms with Gasteiger partial charge in [-0.25, -0.2) is 0 Å². The molecule has 0 radical (unpaired) electrons. The smallest absolute Gasteiger partial charge is 0.303 e. The maximum Gasteiger partial charge on any atom is 0.303 e. The second kappa shape index (κ2) is 11.8. The zero-order valence-electron chi connectivity index (χ0n) is 16.2. The molecule has 1 unspecified atom stereocenters. The summed E-state index contributed by atoms with van der Waals surface area (Å²) in [5.41, 5.74) is 1.18. The minimum absolute atomic E-state index is 0.0942. The van der Waals surface area contributed by atoms with Crippen LogP contribution in [0.2, 0.25) is 0 Å². The molecular formula is C23H32O5. The molecule has 5 atom stereocenters. The lowest BCUT2D eigenvalue weighted by molar-refractivity contribution is -0.137. The van der Waals surface area contributed by atoms with E-state index in [0.29, 0.717) is 32.1 Å². The van der Waals surface area contributed by atoms with Crippen LogP contribution in [-0.2, 0) is 11.2 Å². The summed E-state index contributed by atoms with van der Waals surface area (Å²) >= 11 is 0. The quantitative estimate of drug-likeness (QED) is 0.345. The van der Waals surface area contributed by atoms with Gasteiger partial charge in [-0.2, -0.15) is 0 Å². The predicted molar refractivity (Wildman–Crippen MR) is 109 cm³/mol. The molecule has 1 aliphatic rings. The van der Waals surface area contributed by atoms with E-state index >= 15 is 0 Å². The van der Waals surface area contributed by atoms with Gasteiger partial charge in [0.05, 0.1) is 18.3 Å². The van der Waals surface area contributed by atoms with E-state index in [0.717, 1.165) is 6.42 Å². The number of carboxylic acids is 1. The van der Waals surface area contributed by atoms with Crippen LogP contribution in [0.1, 0.15) is 44.1 Å². The van der Waals surface area contributed by atoms with E-state index in [1.165, 1.54) is 5.56 Å². The lowest BCUT2D eigenvalue weighted by Crippen LogP contribution is -2.20. The van der Waals surface area contributed by atoms with E-state index in [9.17, 15) is 20.1 Å². The Bertz CT molecular complexity index is 640. The summed E-state index contributed by atoms with van der Waals surface area (Å²) in [6.45, 7) is 0. The fourth-order valence-corrected chi connectivity index (χ4v) is 3.76. The van der Waals surface area contributed by atoms with Gasteiger partial charge in [-0.05, 0) is 43.6 Å². The van der Waals surface area contributed by atoms with Crippen molar-refractivity contribution in [3.8, 4) is 0 Å². The van der Waals surface area contributed by atoms with Crippen LogP contribution >= 0.6 is 0 Å². The highest BCUT2D eigenvalue weighted by Gasteiger charge is 2.39. The third-order valence-electron chi connectivity index (χ3n) is 5.38. The van der Waals surface area contributed by atoms with Crippen LogP contribution in [0.15, 0.2) is 54.6 Å². The number of carboxylic acid groups (broad SMARTS) is 1. The standard InChI is InChI=1S/C23H32O5/c24-18(13-12-17-8-4-3-5-9-17)14-15-20-19(21(25)16-22(20)26)10-6-1-2-7-11-23(27)28/h1,3-6,8-9,14-15,18-22,24-26H,2,7,10-13,16H2,(H,27,28)/b6-1-,15-14+/t18?,19-,20-,21+,22+/m1/s1. The van der Waals surface area contributed by atoms with E-state index in [-0.39, 0.29) is 18.3 Å². The van der Waals surface area contributed by atoms with Crippen molar-refractivity contribution >= 4 is 5.97 Å². The minimum Gasteiger partial charge on any atom is -0.481 e. The summed E-state index contributed by atoms with van der Waals surface area (Å²) in [6, 6.07) is 9.99. The van der Waals surface area contributed by atoms with Crippen LogP contribution in [0.4, 0.5) is 0 Å². The zero-order chi connectivity index (χ0) is 20.4. The fourth-order valence-electron chi connectivity index (χ4n) is 3.76. The topological polar surface area (TPSA) is 98.0 Å². The summed E-state index contributed by atoms with van der Waals surface area (Å²) in [5.74, 6) is -1.08. The van der Waals surface area contributed by atoms with Crippen LogP contribution in [-0.4, -0.2) is 44.7 Å². The van der Waals surface area contributed by atoms with Gasteiger partial charge >= 0.3 is 5.97 Å². The van der Waals surface area contributed by atoms with E-state index < -0.39 is 24.3 Å². The molecule has 5 nitrogen and oxygen atoms in total. The minimum atomic E-state index is -0.793. The SMILES string of the molecule is O=C(O)CCC/C=C\C[C@@H]1[C@@H](/C=C/C(O)CCc2ccccc2)[C@@H](O)C[C@@H]1O. The van der Waals surface area contributed by atoms with Gasteiger partial charge in [0.1, 0.15) is 0 Å². The molecule has 0 aromatic heterocycles. The average Bonchev–Trinajstić information content (AvgIpc) is 2.94. The Morgan fingerprint density at radius 1 is 1.14 bits per heavy atom. The molecule has 0 heterocycles. The third kappa shape index (κ3) is 7.58. The lowest BCUT2D eigenvalue weighted by Gasteiger charge is -2.19. The molecule has 1 aliphatic carbocycles. The van der Waals surface area contributed by atoms with Crippen molar-refractivity contribution in [2.45, 2.75) is 63.3 Å². The highest BCUT2D eigenvalue weighted by atomic mass is 16.4. The van der Waals surface area contributed by atoms with E-state index in [4.69, 9.17) is 5.11 Å². The third-order valence-corrected chi connectivity index (χ3v) is 5.38. The van der Waals surface area contributed by atoms with Gasteiger partial charge in [-0.1, -0.05) is 54.6 Å². The maximum absolute atomic E-state index is 10.5. The molecule has 0 bridgehead atoms. The van der Waals surface area contributed by atoms with Crippen LogP contribution < -0.4 is 0 Å². The predicted octanol–water partition coefficient (Wildman–Crippen LogP) is 3.10. The van der Waals surface area contributed by atoms with Crippen molar-refractivity contribution in [3.63, 3.8) is 0 Å². The van der Waals surface area contributed by atoms with Gasteiger partial charge in [0, 0.05) is 18.8 Å². The molecular weight excluding hydrogens is 356 g/mol. The summed E-state index contributed by atoms with van der Waals surface area (Å²) < 4.78 is 0. The van der Waals surface area contributed by atoms with Crippen LogP contribution in [0, 0.1) is 11.8 Å². The van der Waals surface area contributed by atoms with Gasteiger partial charge in [-0.15, -0.1) is 0 Å². The summed E-state index contributed by atoms with van der Waals surface area (Å²) in [6.07, 6.45) is 9.51. The zero-order valence-corrected chi connectivity index (χ0v) is 16.2. The number of unbranched alkanes of at least 4 members (excludes halogenated alkanes) is 1. The molecule has 4 N–H and O–H groups in total. The molecule has 5 heteroatoms. The number of benzene rings is 1. The second-order valence-corrected chi connectivity index (χ2v) is 7.58. The molecule has 1 saturated carbocycles. The van der Waals surface area contributed by atoms with E-state index in [2.05, 4.69) is 0 Å². The van der Waals surface area contributed by atoms with Gasteiger partial charge in [0.15, 0.2) is 0 Å². The molecule has 2 rings (SSSR count). The normalized spacial score (nSPS) is 26.2. The summed E-state index contributed by atoms with van der Waals surface area (Å²) in [5, 5.41) is 39.4. The molecule has 1 aromatic rings. The number of carbonyl (C=O) groups is 1. The fraction of sp³-hybridized carbons (Fsp3) is 0.522. The largest absolute Gasteiger partial charge is 0.481 e. The number of hydrogen-bond donors (Lipinski definition) is 4. The van der Waals surface area contributed by atoms with Crippen molar-refractivity contribution in [3.05, 3.63) is 60.2 Å². The monoisotopic (exact) mass is 388 g/mol. The molecule has 154 valence electrons. The molecule has 28 heavy (non-hydrogen) atoms. The molecule has 0 saturated heterocycles.